The molecule has 0 aliphatic carbocycles. The molecule has 0 aromatic heterocycles. The first-order valence-corrected chi connectivity index (χ1v) is 8.73. The summed E-state index contributed by atoms with van der Waals surface area (Å²) in [4.78, 5) is 6.66. The van der Waals surface area contributed by atoms with Crippen molar-refractivity contribution in [1.82, 2.24) is 10.2 Å². The summed E-state index contributed by atoms with van der Waals surface area (Å²) in [5, 5.41) is 3.55. The minimum atomic E-state index is -0.276. The van der Waals surface area contributed by atoms with Gasteiger partial charge in [0.05, 0.1) is 12.6 Å². The van der Waals surface area contributed by atoms with E-state index >= 15 is 0 Å². The minimum absolute atomic E-state index is 0. The Labute approximate surface area is 166 Å². The van der Waals surface area contributed by atoms with Gasteiger partial charge in [0.15, 0.2) is 5.96 Å². The summed E-state index contributed by atoms with van der Waals surface area (Å²) in [5.41, 5.74) is 6.44. The Balaban J connectivity index is 0.00000288. The molecular formula is C17H27ClFIN4. The lowest BCUT2D eigenvalue weighted by molar-refractivity contribution is 0.246. The smallest absolute Gasteiger partial charge is 0.188 e. The van der Waals surface area contributed by atoms with Crippen molar-refractivity contribution in [1.29, 1.82) is 0 Å². The van der Waals surface area contributed by atoms with E-state index in [1.165, 1.54) is 6.07 Å². The van der Waals surface area contributed by atoms with Crippen LogP contribution in [0.1, 0.15) is 44.2 Å². The monoisotopic (exact) mass is 468 g/mol. The van der Waals surface area contributed by atoms with Gasteiger partial charge in [-0.25, -0.2) is 4.39 Å². The summed E-state index contributed by atoms with van der Waals surface area (Å²) in [6.45, 7) is 5.22. The molecule has 1 atom stereocenters. The van der Waals surface area contributed by atoms with Crippen LogP contribution in [0.25, 0.3) is 0 Å². The molecule has 1 unspecified atom stereocenters. The molecule has 136 valence electrons. The highest BCUT2D eigenvalue weighted by Gasteiger charge is 2.27. The number of nitrogens with zero attached hydrogens (tertiary/aromatic N) is 2. The Morgan fingerprint density at radius 3 is 2.75 bits per heavy atom. The van der Waals surface area contributed by atoms with Crippen LogP contribution in [0, 0.1) is 5.82 Å². The number of aliphatic imine (C=N–C) groups is 1. The SMILES string of the molecule is CCCCNC(N)=NCC(c1c(F)cccc1Cl)N1CCCC1.I. The number of hydrogen-bond acceptors (Lipinski definition) is 2. The van der Waals surface area contributed by atoms with Crippen molar-refractivity contribution in [3.05, 3.63) is 34.6 Å². The fraction of sp³-hybridized carbons (Fsp3) is 0.588. The van der Waals surface area contributed by atoms with Gasteiger partial charge in [-0.3, -0.25) is 9.89 Å². The number of benzene rings is 1. The molecule has 1 fully saturated rings. The van der Waals surface area contributed by atoms with Crippen molar-refractivity contribution in [2.24, 2.45) is 10.7 Å². The van der Waals surface area contributed by atoms with E-state index in [0.29, 0.717) is 23.1 Å². The largest absolute Gasteiger partial charge is 0.370 e. The maximum absolute atomic E-state index is 14.3. The summed E-state index contributed by atoms with van der Waals surface area (Å²) in [7, 11) is 0. The highest BCUT2D eigenvalue weighted by molar-refractivity contribution is 14.0. The number of rotatable bonds is 7. The van der Waals surface area contributed by atoms with Crippen LogP contribution >= 0.6 is 35.6 Å². The van der Waals surface area contributed by atoms with Gasteiger partial charge in [0.25, 0.3) is 0 Å². The number of halogens is 3. The van der Waals surface area contributed by atoms with Crippen LogP contribution in [0.2, 0.25) is 5.02 Å². The highest BCUT2D eigenvalue weighted by Crippen LogP contribution is 2.32. The molecule has 1 heterocycles. The van der Waals surface area contributed by atoms with Crippen molar-refractivity contribution in [2.75, 3.05) is 26.2 Å². The molecule has 0 bridgehead atoms. The van der Waals surface area contributed by atoms with Gasteiger partial charge in [0.1, 0.15) is 5.82 Å². The lowest BCUT2D eigenvalue weighted by atomic mass is 10.0. The van der Waals surface area contributed by atoms with Crippen LogP contribution < -0.4 is 11.1 Å². The molecule has 1 aliphatic rings. The average Bonchev–Trinajstić information content (AvgIpc) is 3.04. The summed E-state index contributed by atoms with van der Waals surface area (Å²) in [6, 6.07) is 4.65. The van der Waals surface area contributed by atoms with Crippen LogP contribution in [0.15, 0.2) is 23.2 Å². The van der Waals surface area contributed by atoms with E-state index in [0.717, 1.165) is 45.3 Å². The van der Waals surface area contributed by atoms with Crippen molar-refractivity contribution in [2.45, 2.75) is 38.6 Å². The van der Waals surface area contributed by atoms with E-state index in [1.807, 2.05) is 0 Å². The van der Waals surface area contributed by atoms with Crippen LogP contribution in [0.5, 0.6) is 0 Å². The number of guanidine groups is 1. The number of likely N-dealkylation sites (tertiary alicyclic amines) is 1. The highest BCUT2D eigenvalue weighted by atomic mass is 127. The van der Waals surface area contributed by atoms with Crippen molar-refractivity contribution >= 4 is 41.5 Å². The molecular weight excluding hydrogens is 442 g/mol. The second-order valence-corrected chi connectivity index (χ2v) is 6.31. The fourth-order valence-corrected chi connectivity index (χ4v) is 3.19. The number of nitrogens with one attached hydrogen (secondary N) is 1. The molecule has 1 saturated heterocycles. The first-order valence-electron chi connectivity index (χ1n) is 8.35. The van der Waals surface area contributed by atoms with E-state index < -0.39 is 0 Å². The second kappa shape index (κ2) is 11.1. The van der Waals surface area contributed by atoms with Gasteiger partial charge in [-0.15, -0.1) is 24.0 Å². The first kappa shape index (κ1) is 21.4. The van der Waals surface area contributed by atoms with Gasteiger partial charge in [-0.1, -0.05) is 31.0 Å². The maximum Gasteiger partial charge on any atom is 0.188 e. The predicted molar refractivity (Wildman–Crippen MR) is 110 cm³/mol. The normalized spacial score (nSPS) is 16.7. The van der Waals surface area contributed by atoms with E-state index in [9.17, 15) is 4.39 Å². The molecule has 0 amide bonds. The van der Waals surface area contributed by atoms with Crippen LogP contribution in [0.4, 0.5) is 4.39 Å². The van der Waals surface area contributed by atoms with Crippen LogP contribution in [0.3, 0.4) is 0 Å². The van der Waals surface area contributed by atoms with Crippen LogP contribution in [-0.2, 0) is 0 Å². The minimum Gasteiger partial charge on any atom is -0.370 e. The van der Waals surface area contributed by atoms with E-state index in [-0.39, 0.29) is 35.8 Å². The topological polar surface area (TPSA) is 53.6 Å². The Morgan fingerprint density at radius 1 is 1.42 bits per heavy atom. The Morgan fingerprint density at radius 2 is 2.12 bits per heavy atom. The van der Waals surface area contributed by atoms with Crippen molar-refractivity contribution < 1.29 is 4.39 Å². The van der Waals surface area contributed by atoms with E-state index in [1.54, 1.807) is 12.1 Å². The number of nitrogens with two attached hydrogens (primary N) is 1. The fourth-order valence-electron chi connectivity index (χ4n) is 2.91. The first-order chi connectivity index (χ1) is 11.1. The standard InChI is InChI=1S/C17H26ClFN4.HI/c1-2-3-9-21-17(20)22-12-15(23-10-4-5-11-23)16-13(18)7-6-8-14(16)19;/h6-8,15H,2-5,9-12H2,1H3,(H3,20,21,22);1H. The number of unbranched alkanes of at least 4 members (excludes halogenated alkanes) is 1. The molecule has 0 spiro atoms. The zero-order valence-electron chi connectivity index (χ0n) is 14.1. The van der Waals surface area contributed by atoms with Gasteiger partial charge in [-0.05, 0) is 44.5 Å². The molecule has 3 N–H and O–H groups in total. The Hall–Kier alpha value is -0.600. The van der Waals surface area contributed by atoms with Gasteiger partial charge in [0, 0.05) is 17.1 Å². The van der Waals surface area contributed by atoms with Crippen molar-refractivity contribution in [3.8, 4) is 0 Å². The second-order valence-electron chi connectivity index (χ2n) is 5.90. The Kier molecular flexibility index (Phi) is 9.92. The summed E-state index contributed by atoms with van der Waals surface area (Å²) >= 11 is 6.26. The summed E-state index contributed by atoms with van der Waals surface area (Å²) in [5.74, 6) is 0.136. The zero-order valence-corrected chi connectivity index (χ0v) is 17.2. The third kappa shape index (κ3) is 6.04. The van der Waals surface area contributed by atoms with Gasteiger partial charge < -0.3 is 11.1 Å². The molecule has 4 nitrogen and oxygen atoms in total. The molecule has 24 heavy (non-hydrogen) atoms. The quantitative estimate of drug-likeness (QED) is 0.276. The lowest BCUT2D eigenvalue weighted by Crippen LogP contribution is -2.34. The molecule has 1 aromatic rings. The van der Waals surface area contributed by atoms with Crippen LogP contribution in [-0.4, -0.2) is 37.0 Å². The van der Waals surface area contributed by atoms with Gasteiger partial charge >= 0.3 is 0 Å². The van der Waals surface area contributed by atoms with E-state index in [4.69, 9.17) is 17.3 Å². The molecule has 2 rings (SSSR count). The Bertz CT molecular complexity index is 515. The number of hydrogen-bond donors (Lipinski definition) is 2. The lowest BCUT2D eigenvalue weighted by Gasteiger charge is -2.27. The average molecular weight is 469 g/mol. The maximum atomic E-state index is 14.3. The molecule has 0 saturated carbocycles. The predicted octanol–water partition coefficient (Wildman–Crippen LogP) is 3.94. The van der Waals surface area contributed by atoms with Crippen molar-refractivity contribution in [3.63, 3.8) is 0 Å². The third-order valence-corrected chi connectivity index (χ3v) is 4.51. The molecule has 0 radical (unpaired) electrons. The zero-order chi connectivity index (χ0) is 16.7. The summed E-state index contributed by atoms with van der Waals surface area (Å²) < 4.78 is 14.3. The van der Waals surface area contributed by atoms with Gasteiger partial charge in [-0.2, -0.15) is 0 Å². The summed E-state index contributed by atoms with van der Waals surface area (Å²) in [6.07, 6.45) is 4.39. The molecule has 1 aliphatic heterocycles. The molecule has 1 aromatic carbocycles. The third-order valence-electron chi connectivity index (χ3n) is 4.19. The van der Waals surface area contributed by atoms with Gasteiger partial charge in [0.2, 0.25) is 0 Å². The molecule has 7 heteroatoms. The van der Waals surface area contributed by atoms with E-state index in [2.05, 4.69) is 22.1 Å².